The number of rotatable bonds is 5. The standard InChI is InChI=1S/C15H16N2O3/c1-2-20-13-8-4-3-6-11(13)10-17-15(19)12-7-5-9-16-14(12)18/h3-9H,2,10H2,1H3,(H,16,18)(H,17,19). The van der Waals surface area contributed by atoms with Gasteiger partial charge in [-0.2, -0.15) is 0 Å². The van der Waals surface area contributed by atoms with Crippen molar-refractivity contribution in [1.29, 1.82) is 0 Å². The van der Waals surface area contributed by atoms with Gasteiger partial charge in [-0.15, -0.1) is 0 Å². The zero-order valence-corrected chi connectivity index (χ0v) is 11.2. The van der Waals surface area contributed by atoms with Crippen LogP contribution in [0.1, 0.15) is 22.8 Å². The summed E-state index contributed by atoms with van der Waals surface area (Å²) in [7, 11) is 0. The van der Waals surface area contributed by atoms with Gasteiger partial charge in [0.25, 0.3) is 11.5 Å². The number of aromatic amines is 1. The lowest BCUT2D eigenvalue weighted by Gasteiger charge is -2.10. The van der Waals surface area contributed by atoms with Gasteiger partial charge in [0.15, 0.2) is 0 Å². The number of pyridine rings is 1. The minimum absolute atomic E-state index is 0.0985. The number of carbonyl (C=O) groups is 1. The van der Waals surface area contributed by atoms with Crippen LogP contribution >= 0.6 is 0 Å². The van der Waals surface area contributed by atoms with Crippen molar-refractivity contribution in [1.82, 2.24) is 10.3 Å². The number of nitrogens with one attached hydrogen (secondary N) is 2. The zero-order chi connectivity index (χ0) is 14.4. The SMILES string of the molecule is CCOc1ccccc1CNC(=O)c1ccc[nH]c1=O. The van der Waals surface area contributed by atoms with E-state index in [0.29, 0.717) is 13.2 Å². The van der Waals surface area contributed by atoms with Crippen LogP contribution in [0.25, 0.3) is 0 Å². The highest BCUT2D eigenvalue weighted by molar-refractivity contribution is 5.93. The predicted molar refractivity (Wildman–Crippen MR) is 75.8 cm³/mol. The van der Waals surface area contributed by atoms with E-state index in [0.717, 1.165) is 11.3 Å². The third-order valence-corrected chi connectivity index (χ3v) is 2.77. The molecule has 0 aliphatic rings. The van der Waals surface area contributed by atoms with E-state index in [2.05, 4.69) is 10.3 Å². The highest BCUT2D eigenvalue weighted by Gasteiger charge is 2.10. The molecule has 1 aromatic heterocycles. The van der Waals surface area contributed by atoms with E-state index in [9.17, 15) is 9.59 Å². The summed E-state index contributed by atoms with van der Waals surface area (Å²) in [6.45, 7) is 2.77. The minimum atomic E-state index is -0.404. The quantitative estimate of drug-likeness (QED) is 0.870. The van der Waals surface area contributed by atoms with Crippen LogP contribution < -0.4 is 15.6 Å². The molecule has 0 atom stereocenters. The smallest absolute Gasteiger partial charge is 0.260 e. The van der Waals surface area contributed by atoms with Crippen molar-refractivity contribution in [2.24, 2.45) is 0 Å². The number of ether oxygens (including phenoxy) is 1. The number of benzene rings is 1. The van der Waals surface area contributed by atoms with E-state index < -0.39 is 11.5 Å². The largest absolute Gasteiger partial charge is 0.494 e. The fraction of sp³-hybridized carbons (Fsp3) is 0.200. The summed E-state index contributed by atoms with van der Waals surface area (Å²) < 4.78 is 5.48. The normalized spacial score (nSPS) is 10.1. The van der Waals surface area contributed by atoms with Crippen molar-refractivity contribution in [2.75, 3.05) is 6.61 Å². The van der Waals surface area contributed by atoms with Gasteiger partial charge in [-0.05, 0) is 25.1 Å². The number of para-hydroxylation sites is 1. The van der Waals surface area contributed by atoms with Gasteiger partial charge in [-0.25, -0.2) is 0 Å². The Morgan fingerprint density at radius 3 is 2.80 bits per heavy atom. The summed E-state index contributed by atoms with van der Waals surface area (Å²) in [6.07, 6.45) is 1.49. The predicted octanol–water partition coefficient (Wildman–Crippen LogP) is 1.70. The first-order chi connectivity index (χ1) is 9.72. The molecular formula is C15H16N2O3. The Morgan fingerprint density at radius 1 is 1.25 bits per heavy atom. The summed E-state index contributed by atoms with van der Waals surface area (Å²) in [6, 6.07) is 10.6. The van der Waals surface area contributed by atoms with Crippen molar-refractivity contribution in [3.8, 4) is 5.75 Å². The summed E-state index contributed by atoms with van der Waals surface area (Å²) in [5, 5.41) is 2.72. The average Bonchev–Trinajstić information content (AvgIpc) is 2.47. The number of hydrogen-bond donors (Lipinski definition) is 2. The van der Waals surface area contributed by atoms with Gasteiger partial charge < -0.3 is 15.0 Å². The molecule has 0 saturated heterocycles. The second-order valence-electron chi connectivity index (χ2n) is 4.14. The first-order valence-electron chi connectivity index (χ1n) is 6.39. The molecule has 2 aromatic rings. The highest BCUT2D eigenvalue weighted by Crippen LogP contribution is 2.17. The first kappa shape index (κ1) is 13.9. The maximum Gasteiger partial charge on any atom is 0.260 e. The molecule has 2 rings (SSSR count). The molecular weight excluding hydrogens is 256 g/mol. The lowest BCUT2D eigenvalue weighted by atomic mass is 10.2. The van der Waals surface area contributed by atoms with Crippen LogP contribution in [0.15, 0.2) is 47.4 Å². The van der Waals surface area contributed by atoms with Gasteiger partial charge in [0.2, 0.25) is 0 Å². The van der Waals surface area contributed by atoms with E-state index in [1.54, 1.807) is 6.07 Å². The molecule has 0 aliphatic carbocycles. The molecule has 104 valence electrons. The molecule has 1 heterocycles. The van der Waals surface area contributed by atoms with Gasteiger partial charge in [0.05, 0.1) is 6.61 Å². The Bertz CT molecular complexity index is 649. The first-order valence-corrected chi connectivity index (χ1v) is 6.39. The second-order valence-corrected chi connectivity index (χ2v) is 4.14. The van der Waals surface area contributed by atoms with Crippen LogP contribution in [-0.4, -0.2) is 17.5 Å². The van der Waals surface area contributed by atoms with Gasteiger partial charge in [0, 0.05) is 18.3 Å². The van der Waals surface area contributed by atoms with E-state index in [4.69, 9.17) is 4.74 Å². The fourth-order valence-corrected chi connectivity index (χ4v) is 1.82. The number of amides is 1. The molecule has 0 fully saturated rings. The molecule has 20 heavy (non-hydrogen) atoms. The average molecular weight is 272 g/mol. The van der Waals surface area contributed by atoms with Crippen LogP contribution in [0.5, 0.6) is 5.75 Å². The molecule has 0 aliphatic heterocycles. The summed E-state index contributed by atoms with van der Waals surface area (Å²) in [5.74, 6) is 0.329. The Kier molecular flexibility index (Phi) is 4.55. The zero-order valence-electron chi connectivity index (χ0n) is 11.2. The Labute approximate surface area is 116 Å². The van der Waals surface area contributed by atoms with Crippen LogP contribution in [0.3, 0.4) is 0 Å². The Hall–Kier alpha value is -2.56. The maximum atomic E-state index is 11.9. The monoisotopic (exact) mass is 272 g/mol. The van der Waals surface area contributed by atoms with Crippen molar-refractivity contribution >= 4 is 5.91 Å². The van der Waals surface area contributed by atoms with Crippen LogP contribution in [0, 0.1) is 0 Å². The van der Waals surface area contributed by atoms with E-state index in [1.807, 2.05) is 31.2 Å². The van der Waals surface area contributed by atoms with Crippen molar-refractivity contribution < 1.29 is 9.53 Å². The molecule has 2 N–H and O–H groups in total. The van der Waals surface area contributed by atoms with Gasteiger partial charge in [0.1, 0.15) is 11.3 Å². The van der Waals surface area contributed by atoms with Crippen LogP contribution in [-0.2, 0) is 6.54 Å². The van der Waals surface area contributed by atoms with Crippen LogP contribution in [0.2, 0.25) is 0 Å². The highest BCUT2D eigenvalue weighted by atomic mass is 16.5. The molecule has 0 spiro atoms. The molecule has 0 radical (unpaired) electrons. The topological polar surface area (TPSA) is 71.2 Å². The minimum Gasteiger partial charge on any atom is -0.494 e. The van der Waals surface area contributed by atoms with E-state index in [-0.39, 0.29) is 5.56 Å². The van der Waals surface area contributed by atoms with Gasteiger partial charge in [-0.3, -0.25) is 9.59 Å². The summed E-state index contributed by atoms with van der Waals surface area (Å²) in [4.78, 5) is 25.9. The van der Waals surface area contributed by atoms with Gasteiger partial charge >= 0.3 is 0 Å². The Morgan fingerprint density at radius 2 is 2.05 bits per heavy atom. The molecule has 1 aromatic carbocycles. The molecule has 1 amide bonds. The molecule has 5 heteroatoms. The molecule has 5 nitrogen and oxygen atoms in total. The summed E-state index contributed by atoms with van der Waals surface area (Å²) in [5.41, 5.74) is 0.569. The van der Waals surface area contributed by atoms with Crippen LogP contribution in [0.4, 0.5) is 0 Å². The second kappa shape index (κ2) is 6.56. The molecule has 0 bridgehead atoms. The number of hydrogen-bond acceptors (Lipinski definition) is 3. The third-order valence-electron chi connectivity index (χ3n) is 2.77. The fourth-order valence-electron chi connectivity index (χ4n) is 1.82. The van der Waals surface area contributed by atoms with Crippen molar-refractivity contribution in [2.45, 2.75) is 13.5 Å². The molecule has 0 unspecified atom stereocenters. The third kappa shape index (κ3) is 3.26. The number of H-pyrrole nitrogens is 1. The Balaban J connectivity index is 2.08. The van der Waals surface area contributed by atoms with Crippen molar-refractivity contribution in [3.05, 3.63) is 64.1 Å². The lowest BCUT2D eigenvalue weighted by Crippen LogP contribution is -2.29. The van der Waals surface area contributed by atoms with Gasteiger partial charge in [-0.1, -0.05) is 18.2 Å². The van der Waals surface area contributed by atoms with E-state index in [1.165, 1.54) is 12.3 Å². The number of aromatic nitrogens is 1. The number of carbonyl (C=O) groups excluding carboxylic acids is 1. The van der Waals surface area contributed by atoms with E-state index >= 15 is 0 Å². The lowest BCUT2D eigenvalue weighted by molar-refractivity contribution is 0.0949. The molecule has 0 saturated carbocycles. The summed E-state index contributed by atoms with van der Waals surface area (Å²) >= 11 is 0. The van der Waals surface area contributed by atoms with Crippen molar-refractivity contribution in [3.63, 3.8) is 0 Å². The maximum absolute atomic E-state index is 11.9.